The highest BCUT2D eigenvalue weighted by molar-refractivity contribution is 5.78. The molecule has 24 heavy (non-hydrogen) atoms. The lowest BCUT2D eigenvalue weighted by Crippen LogP contribution is -2.46. The lowest BCUT2D eigenvalue weighted by Gasteiger charge is -2.33. The Balaban J connectivity index is 1.89. The molecule has 2 aromatic rings. The fourth-order valence-electron chi connectivity index (χ4n) is 2.82. The maximum Gasteiger partial charge on any atom is 0.312 e. The number of nitrogens with zero attached hydrogens (tertiary/aromatic N) is 3. The van der Waals surface area contributed by atoms with Gasteiger partial charge < -0.3 is 20.7 Å². The molecule has 0 aliphatic carbocycles. The van der Waals surface area contributed by atoms with Crippen LogP contribution in [0.1, 0.15) is 12.8 Å². The molecule has 3 N–H and O–H groups in total. The van der Waals surface area contributed by atoms with Gasteiger partial charge in [0.2, 0.25) is 0 Å². The van der Waals surface area contributed by atoms with Gasteiger partial charge in [0.1, 0.15) is 5.52 Å². The van der Waals surface area contributed by atoms with Gasteiger partial charge in [0.05, 0.1) is 12.6 Å². The van der Waals surface area contributed by atoms with Gasteiger partial charge in [-0.3, -0.25) is 0 Å². The average molecular weight is 337 g/mol. The van der Waals surface area contributed by atoms with Gasteiger partial charge in [-0.2, -0.15) is 0 Å². The topological polar surface area (TPSA) is 93.4 Å². The molecule has 0 atom stereocenters. The molecule has 1 aliphatic heterocycles. The molecule has 1 saturated heterocycles. The van der Waals surface area contributed by atoms with E-state index in [0.717, 1.165) is 6.07 Å². The van der Waals surface area contributed by atoms with Crippen LogP contribution in [0.15, 0.2) is 12.1 Å². The first-order valence-electron chi connectivity index (χ1n) is 7.50. The van der Waals surface area contributed by atoms with Crippen LogP contribution in [0, 0.1) is 11.6 Å². The van der Waals surface area contributed by atoms with Crippen molar-refractivity contribution < 1.29 is 18.3 Å². The van der Waals surface area contributed by atoms with Crippen LogP contribution in [0.25, 0.3) is 11.0 Å². The number of rotatable bonds is 3. The first kappa shape index (κ1) is 16.2. The minimum Gasteiger partial charge on any atom is -0.478 e. The molecule has 128 valence electrons. The van der Waals surface area contributed by atoms with Crippen molar-refractivity contribution in [2.45, 2.75) is 18.9 Å². The highest BCUT2D eigenvalue weighted by Crippen LogP contribution is 2.30. The van der Waals surface area contributed by atoms with Gasteiger partial charge in [0.15, 0.2) is 17.5 Å². The van der Waals surface area contributed by atoms with Crippen molar-refractivity contribution in [1.82, 2.24) is 15.3 Å². The van der Waals surface area contributed by atoms with Crippen molar-refractivity contribution in [1.29, 1.82) is 0 Å². The van der Waals surface area contributed by atoms with Crippen LogP contribution in [0.3, 0.4) is 0 Å². The Labute approximate surface area is 136 Å². The molecule has 0 saturated carbocycles. The molecule has 1 fully saturated rings. The smallest absolute Gasteiger partial charge is 0.312 e. The standard InChI is InChI=1S/C15H17F2N5O2/c1-24-14-13(22-6-4-8(5-7-22)19-15(18)23)20-10-3-2-9(16)11(17)12(10)21-14/h2-3,8H,4-7H2,1H3,(H3,18,19,23). The Morgan fingerprint density at radius 3 is 2.67 bits per heavy atom. The second-order valence-electron chi connectivity index (χ2n) is 5.56. The lowest BCUT2D eigenvalue weighted by atomic mass is 10.1. The predicted molar refractivity (Wildman–Crippen MR) is 84.0 cm³/mol. The SMILES string of the molecule is COc1nc2c(F)c(F)ccc2nc1N1CCC(NC(N)=O)CC1. The summed E-state index contributed by atoms with van der Waals surface area (Å²) in [4.78, 5) is 21.3. The van der Waals surface area contributed by atoms with E-state index in [9.17, 15) is 13.6 Å². The summed E-state index contributed by atoms with van der Waals surface area (Å²) in [5.41, 5.74) is 5.22. The molecule has 0 radical (unpaired) electrons. The summed E-state index contributed by atoms with van der Waals surface area (Å²) in [7, 11) is 1.40. The number of nitrogens with two attached hydrogens (primary N) is 1. The van der Waals surface area contributed by atoms with Crippen LogP contribution in [-0.2, 0) is 0 Å². The first-order chi connectivity index (χ1) is 11.5. The van der Waals surface area contributed by atoms with Gasteiger partial charge in [-0.05, 0) is 25.0 Å². The van der Waals surface area contributed by atoms with Gasteiger partial charge in [0, 0.05) is 19.1 Å². The Bertz CT molecular complexity index is 778. The first-order valence-corrected chi connectivity index (χ1v) is 7.50. The zero-order valence-corrected chi connectivity index (χ0v) is 13.1. The van der Waals surface area contributed by atoms with E-state index >= 15 is 0 Å². The summed E-state index contributed by atoms with van der Waals surface area (Å²) >= 11 is 0. The number of halogens is 2. The van der Waals surface area contributed by atoms with Crippen LogP contribution in [0.4, 0.5) is 19.4 Å². The van der Waals surface area contributed by atoms with E-state index in [1.54, 1.807) is 0 Å². The maximum atomic E-state index is 13.9. The Morgan fingerprint density at radius 1 is 1.33 bits per heavy atom. The number of piperidine rings is 1. The number of aromatic nitrogens is 2. The molecular weight excluding hydrogens is 320 g/mol. The number of methoxy groups -OCH3 is 1. The van der Waals surface area contributed by atoms with Gasteiger partial charge >= 0.3 is 6.03 Å². The fourth-order valence-corrected chi connectivity index (χ4v) is 2.82. The van der Waals surface area contributed by atoms with E-state index in [1.807, 2.05) is 4.90 Å². The van der Waals surface area contributed by atoms with Crippen LogP contribution in [0.5, 0.6) is 5.88 Å². The third-order valence-corrected chi connectivity index (χ3v) is 4.01. The van der Waals surface area contributed by atoms with Crippen LogP contribution < -0.4 is 20.7 Å². The maximum absolute atomic E-state index is 13.9. The van der Waals surface area contributed by atoms with Gasteiger partial charge in [0.25, 0.3) is 5.88 Å². The molecule has 0 unspecified atom stereocenters. The number of ether oxygens (including phenoxy) is 1. The second kappa shape index (κ2) is 6.42. The molecule has 2 amide bonds. The zero-order chi connectivity index (χ0) is 17.3. The number of primary amides is 1. The third kappa shape index (κ3) is 3.01. The Hall–Kier alpha value is -2.71. The van der Waals surface area contributed by atoms with E-state index in [-0.39, 0.29) is 23.0 Å². The van der Waals surface area contributed by atoms with Crippen molar-refractivity contribution in [3.05, 3.63) is 23.8 Å². The van der Waals surface area contributed by atoms with Crippen LogP contribution in [-0.4, -0.2) is 42.2 Å². The highest BCUT2D eigenvalue weighted by Gasteiger charge is 2.25. The minimum absolute atomic E-state index is 0.00435. The number of benzene rings is 1. The summed E-state index contributed by atoms with van der Waals surface area (Å²) in [5.74, 6) is -1.43. The molecule has 7 nitrogen and oxygen atoms in total. The number of hydrogen-bond acceptors (Lipinski definition) is 5. The molecule has 9 heteroatoms. The normalized spacial score (nSPS) is 15.5. The van der Waals surface area contributed by atoms with Crippen molar-refractivity contribution in [3.63, 3.8) is 0 Å². The van der Waals surface area contributed by atoms with Crippen LogP contribution in [0.2, 0.25) is 0 Å². The van der Waals surface area contributed by atoms with E-state index < -0.39 is 17.7 Å². The van der Waals surface area contributed by atoms with Crippen molar-refractivity contribution in [3.8, 4) is 5.88 Å². The molecule has 1 aliphatic rings. The summed E-state index contributed by atoms with van der Waals surface area (Å²) in [6.45, 7) is 1.20. The summed E-state index contributed by atoms with van der Waals surface area (Å²) in [6, 6.07) is 1.86. The fraction of sp³-hybridized carbons (Fsp3) is 0.400. The number of carbonyl (C=O) groups excluding carboxylic acids is 1. The highest BCUT2D eigenvalue weighted by atomic mass is 19.2. The molecule has 2 heterocycles. The van der Waals surface area contributed by atoms with E-state index in [4.69, 9.17) is 10.5 Å². The number of amides is 2. The number of urea groups is 1. The predicted octanol–water partition coefficient (Wildman–Crippen LogP) is 1.55. The van der Waals surface area contributed by atoms with Gasteiger partial charge in [-0.15, -0.1) is 0 Å². The van der Waals surface area contributed by atoms with Crippen LogP contribution >= 0.6 is 0 Å². The van der Waals surface area contributed by atoms with Crippen molar-refractivity contribution in [2.24, 2.45) is 5.73 Å². The summed E-state index contributed by atoms with van der Waals surface area (Å²) in [5, 5.41) is 2.68. The third-order valence-electron chi connectivity index (χ3n) is 4.01. The van der Waals surface area contributed by atoms with Gasteiger partial charge in [-0.1, -0.05) is 0 Å². The van der Waals surface area contributed by atoms with E-state index in [1.165, 1.54) is 13.2 Å². The number of hydrogen-bond donors (Lipinski definition) is 2. The summed E-state index contributed by atoms with van der Waals surface area (Å²) in [6.07, 6.45) is 1.37. The molecule has 1 aromatic heterocycles. The van der Waals surface area contributed by atoms with E-state index in [2.05, 4.69) is 15.3 Å². The Kier molecular flexibility index (Phi) is 4.32. The molecule has 1 aromatic carbocycles. The zero-order valence-electron chi connectivity index (χ0n) is 13.1. The monoisotopic (exact) mass is 337 g/mol. The largest absolute Gasteiger partial charge is 0.478 e. The number of fused-ring (bicyclic) bond motifs is 1. The molecule has 0 spiro atoms. The lowest BCUT2D eigenvalue weighted by molar-refractivity contribution is 0.242. The van der Waals surface area contributed by atoms with Gasteiger partial charge in [-0.25, -0.2) is 23.5 Å². The number of anilines is 1. The Morgan fingerprint density at radius 2 is 2.04 bits per heavy atom. The number of carbonyl (C=O) groups is 1. The van der Waals surface area contributed by atoms with Crippen molar-refractivity contribution in [2.75, 3.05) is 25.1 Å². The number of nitrogens with one attached hydrogen (secondary N) is 1. The average Bonchev–Trinajstić information content (AvgIpc) is 2.57. The molecular formula is C15H17F2N5O2. The summed E-state index contributed by atoms with van der Waals surface area (Å²) < 4.78 is 32.4. The minimum atomic E-state index is -1.05. The molecule has 3 rings (SSSR count). The molecule has 0 bridgehead atoms. The second-order valence-corrected chi connectivity index (χ2v) is 5.56. The quantitative estimate of drug-likeness (QED) is 0.886. The van der Waals surface area contributed by atoms with Crippen molar-refractivity contribution >= 4 is 22.9 Å². The van der Waals surface area contributed by atoms with E-state index in [0.29, 0.717) is 31.7 Å².